The number of nitrogens with one attached hydrogen (secondary N) is 3. The average molecular weight is 479 g/mol. The zero-order valence-corrected chi connectivity index (χ0v) is 21.4. The van der Waals surface area contributed by atoms with Gasteiger partial charge in [-0.2, -0.15) is 12.6 Å². The Morgan fingerprint density at radius 2 is 1.91 bits per heavy atom. The van der Waals surface area contributed by atoms with Gasteiger partial charge in [0.05, 0.1) is 11.9 Å². The number of nitrogens with two attached hydrogens (primary N) is 1. The molecule has 182 valence electrons. The lowest BCUT2D eigenvalue weighted by atomic mass is 9.91. The van der Waals surface area contributed by atoms with Crippen molar-refractivity contribution in [2.75, 3.05) is 44.8 Å². The van der Waals surface area contributed by atoms with Gasteiger partial charge in [0.1, 0.15) is 0 Å². The molecule has 5 N–H and O–H groups in total. The number of para-hydroxylation sites is 1. The highest BCUT2D eigenvalue weighted by atomic mass is 32.1. The molecule has 2 aromatic rings. The van der Waals surface area contributed by atoms with Crippen LogP contribution in [0.4, 0.5) is 11.4 Å². The number of thiol groups is 1. The zero-order valence-electron chi connectivity index (χ0n) is 20.5. The molecule has 0 amide bonds. The first-order valence-electron chi connectivity index (χ1n) is 12.2. The average Bonchev–Trinajstić information content (AvgIpc) is 2.84. The number of hydrogen-bond acceptors (Lipinski definition) is 7. The molecule has 2 aliphatic heterocycles. The molecule has 2 unspecified atom stereocenters. The minimum Gasteiger partial charge on any atom is -0.398 e. The summed E-state index contributed by atoms with van der Waals surface area (Å²) < 4.78 is 0. The van der Waals surface area contributed by atoms with E-state index in [-0.39, 0.29) is 6.04 Å². The molecule has 1 saturated heterocycles. The highest BCUT2D eigenvalue weighted by Gasteiger charge is 2.25. The van der Waals surface area contributed by atoms with E-state index in [0.717, 1.165) is 55.7 Å². The molecule has 2 aliphatic rings. The second kappa shape index (κ2) is 11.2. The molecular formula is C27H38N6S. The normalized spacial score (nSPS) is 20.2. The fraction of sp³-hybridized carbons (Fsp3) is 0.444. The minimum absolute atomic E-state index is 0.0101. The van der Waals surface area contributed by atoms with E-state index >= 15 is 0 Å². The van der Waals surface area contributed by atoms with E-state index in [9.17, 15) is 0 Å². The molecule has 0 aliphatic carbocycles. The van der Waals surface area contributed by atoms with Gasteiger partial charge in [-0.25, -0.2) is 0 Å². The summed E-state index contributed by atoms with van der Waals surface area (Å²) in [7, 11) is 3.78. The minimum atomic E-state index is -0.0101. The summed E-state index contributed by atoms with van der Waals surface area (Å²) in [5, 5.41) is 11.6. The van der Waals surface area contributed by atoms with Crippen molar-refractivity contribution in [2.45, 2.75) is 43.5 Å². The van der Waals surface area contributed by atoms with E-state index in [2.05, 4.69) is 75.7 Å². The molecule has 2 aromatic carbocycles. The number of likely N-dealkylation sites (tertiary alicyclic amines) is 1. The fourth-order valence-electron chi connectivity index (χ4n) is 5.04. The van der Waals surface area contributed by atoms with Crippen LogP contribution in [0, 0.1) is 6.92 Å². The highest BCUT2D eigenvalue weighted by molar-refractivity contribution is 7.80. The number of aryl methyl sites for hydroxylation is 1. The molecule has 2 heterocycles. The summed E-state index contributed by atoms with van der Waals surface area (Å²) in [5.41, 5.74) is 12.8. The van der Waals surface area contributed by atoms with Crippen LogP contribution in [-0.4, -0.2) is 56.1 Å². The van der Waals surface area contributed by atoms with Crippen molar-refractivity contribution >= 4 is 30.2 Å². The lowest BCUT2D eigenvalue weighted by molar-refractivity contribution is 0.265. The lowest BCUT2D eigenvalue weighted by Crippen LogP contribution is -2.44. The third-order valence-electron chi connectivity index (χ3n) is 6.93. The standard InChI is InChI=1S/C27H38N6S/c1-18-6-4-8-22(27(30-3)21-7-5-9-24(28)23(21)17-29-2)26(18)32-19-10-11-25(31-16-19)33-14-12-20(34)13-15-33/h4-9,11,17,19-20,27,30-32,34H,10,12-16,28H2,1-3H3. The van der Waals surface area contributed by atoms with Gasteiger partial charge >= 0.3 is 0 Å². The Labute approximate surface area is 209 Å². The maximum atomic E-state index is 6.32. The number of hydrogen-bond donors (Lipinski definition) is 5. The van der Waals surface area contributed by atoms with Crippen LogP contribution in [0.2, 0.25) is 0 Å². The van der Waals surface area contributed by atoms with Crippen molar-refractivity contribution in [1.82, 2.24) is 15.5 Å². The molecule has 1 fully saturated rings. The van der Waals surface area contributed by atoms with E-state index in [0.29, 0.717) is 11.3 Å². The van der Waals surface area contributed by atoms with Gasteiger partial charge in [0.2, 0.25) is 0 Å². The predicted octanol–water partition coefficient (Wildman–Crippen LogP) is 3.94. The van der Waals surface area contributed by atoms with Crippen molar-refractivity contribution in [1.29, 1.82) is 0 Å². The Balaban J connectivity index is 1.57. The van der Waals surface area contributed by atoms with Gasteiger partial charge in [-0.1, -0.05) is 30.3 Å². The summed E-state index contributed by atoms with van der Waals surface area (Å²) in [5.74, 6) is 1.28. The Morgan fingerprint density at radius 1 is 1.18 bits per heavy atom. The Bertz CT molecular complexity index is 1040. The maximum Gasteiger partial charge on any atom is 0.0973 e. The first kappa shape index (κ1) is 24.5. The molecule has 2 atom stereocenters. The van der Waals surface area contributed by atoms with Gasteiger partial charge in [-0.15, -0.1) is 0 Å². The molecule has 4 rings (SSSR count). The SMILES string of the molecule is CN=Cc1c(N)cccc1C(NC)c1cccc(C)c1NC1CC=C(N2CCC(S)CC2)NC1. The van der Waals surface area contributed by atoms with Crippen LogP contribution in [0.3, 0.4) is 0 Å². The van der Waals surface area contributed by atoms with E-state index in [1.165, 1.54) is 22.6 Å². The van der Waals surface area contributed by atoms with E-state index in [1.54, 1.807) is 7.05 Å². The number of piperidine rings is 1. The maximum absolute atomic E-state index is 6.32. The van der Waals surface area contributed by atoms with Crippen molar-refractivity contribution in [3.8, 4) is 0 Å². The number of rotatable bonds is 7. The van der Waals surface area contributed by atoms with Crippen LogP contribution in [0.25, 0.3) is 0 Å². The largest absolute Gasteiger partial charge is 0.398 e. The molecule has 0 radical (unpaired) electrons. The second-order valence-electron chi connectivity index (χ2n) is 9.26. The van der Waals surface area contributed by atoms with Gasteiger partial charge in [0.15, 0.2) is 0 Å². The van der Waals surface area contributed by atoms with Crippen molar-refractivity contribution < 1.29 is 0 Å². The monoisotopic (exact) mass is 478 g/mol. The fourth-order valence-corrected chi connectivity index (χ4v) is 5.27. The number of nitrogen functional groups attached to an aromatic ring is 1. The molecule has 34 heavy (non-hydrogen) atoms. The molecule has 0 saturated carbocycles. The van der Waals surface area contributed by atoms with Crippen molar-refractivity contribution in [3.63, 3.8) is 0 Å². The quantitative estimate of drug-likeness (QED) is 0.237. The zero-order chi connectivity index (χ0) is 24.1. The van der Waals surface area contributed by atoms with Crippen LogP contribution in [-0.2, 0) is 0 Å². The number of anilines is 2. The molecule has 7 heteroatoms. The van der Waals surface area contributed by atoms with E-state index in [4.69, 9.17) is 5.73 Å². The number of nitrogens with zero attached hydrogens (tertiary/aromatic N) is 2. The molecule has 0 aromatic heterocycles. The van der Waals surface area contributed by atoms with Gasteiger partial charge in [0, 0.05) is 61.1 Å². The van der Waals surface area contributed by atoms with Crippen LogP contribution >= 0.6 is 12.6 Å². The molecule has 0 bridgehead atoms. The second-order valence-corrected chi connectivity index (χ2v) is 9.99. The smallest absolute Gasteiger partial charge is 0.0973 e. The highest BCUT2D eigenvalue weighted by Crippen LogP contribution is 2.34. The van der Waals surface area contributed by atoms with Gasteiger partial charge < -0.3 is 26.6 Å². The van der Waals surface area contributed by atoms with Crippen LogP contribution in [0.1, 0.15) is 47.6 Å². The van der Waals surface area contributed by atoms with Crippen LogP contribution < -0.4 is 21.7 Å². The van der Waals surface area contributed by atoms with Gasteiger partial charge in [-0.3, -0.25) is 4.99 Å². The van der Waals surface area contributed by atoms with Gasteiger partial charge in [0.25, 0.3) is 0 Å². The van der Waals surface area contributed by atoms with Gasteiger partial charge in [-0.05, 0) is 62.1 Å². The summed E-state index contributed by atoms with van der Waals surface area (Å²) in [6, 6.07) is 12.9. The molecule has 6 nitrogen and oxygen atoms in total. The third-order valence-corrected chi connectivity index (χ3v) is 7.44. The lowest BCUT2D eigenvalue weighted by Gasteiger charge is -2.37. The summed E-state index contributed by atoms with van der Waals surface area (Å²) >= 11 is 4.63. The first-order valence-corrected chi connectivity index (χ1v) is 12.7. The number of benzene rings is 2. The van der Waals surface area contributed by atoms with Crippen molar-refractivity contribution in [3.05, 3.63) is 70.5 Å². The summed E-state index contributed by atoms with van der Waals surface area (Å²) in [4.78, 5) is 6.72. The summed E-state index contributed by atoms with van der Waals surface area (Å²) in [6.45, 7) is 5.24. The first-order chi connectivity index (χ1) is 16.5. The Morgan fingerprint density at radius 3 is 2.59 bits per heavy atom. The van der Waals surface area contributed by atoms with E-state index < -0.39 is 0 Å². The topological polar surface area (TPSA) is 77.7 Å². The van der Waals surface area contributed by atoms with E-state index in [1.807, 2.05) is 25.4 Å². The van der Waals surface area contributed by atoms with Crippen molar-refractivity contribution in [2.24, 2.45) is 4.99 Å². The summed E-state index contributed by atoms with van der Waals surface area (Å²) in [6.07, 6.45) is 7.49. The third kappa shape index (κ3) is 5.36. The van der Waals surface area contributed by atoms with Crippen LogP contribution in [0.15, 0.2) is 53.3 Å². The number of aliphatic imine (C=N–C) groups is 1. The predicted molar refractivity (Wildman–Crippen MR) is 148 cm³/mol. The van der Waals surface area contributed by atoms with Crippen LogP contribution in [0.5, 0.6) is 0 Å². The Kier molecular flexibility index (Phi) is 8.06. The molecular weight excluding hydrogens is 440 g/mol. The molecule has 0 spiro atoms. The Hall–Kier alpha value is -2.64.